The van der Waals surface area contributed by atoms with E-state index in [1.165, 1.54) is 0 Å². The second kappa shape index (κ2) is 7.06. The van der Waals surface area contributed by atoms with E-state index in [1.54, 1.807) is 6.07 Å². The fourth-order valence-electron chi connectivity index (χ4n) is 1.45. The summed E-state index contributed by atoms with van der Waals surface area (Å²) in [5.74, 6) is 0.599. The van der Waals surface area contributed by atoms with Gasteiger partial charge < -0.3 is 9.73 Å². The molecule has 1 rings (SSSR count). The van der Waals surface area contributed by atoms with Crippen molar-refractivity contribution in [1.29, 1.82) is 0 Å². The highest BCUT2D eigenvalue weighted by Gasteiger charge is 2.24. The zero-order chi connectivity index (χ0) is 15.4. The van der Waals surface area contributed by atoms with Crippen molar-refractivity contribution in [2.24, 2.45) is 5.41 Å². The van der Waals surface area contributed by atoms with Crippen molar-refractivity contribution in [3.8, 4) is 0 Å². The first-order valence-electron chi connectivity index (χ1n) is 6.64. The highest BCUT2D eigenvalue weighted by Crippen LogP contribution is 2.26. The van der Waals surface area contributed by atoms with E-state index in [2.05, 4.69) is 32.9 Å². The van der Waals surface area contributed by atoms with E-state index in [9.17, 15) is 8.42 Å². The highest BCUT2D eigenvalue weighted by atomic mass is 79.9. The second-order valence-electron chi connectivity index (χ2n) is 5.91. The minimum Gasteiger partial charge on any atom is -0.452 e. The molecule has 0 bridgehead atoms. The molecule has 0 amide bonds. The van der Waals surface area contributed by atoms with Gasteiger partial charge >= 0.3 is 0 Å². The Morgan fingerprint density at radius 2 is 2.00 bits per heavy atom. The summed E-state index contributed by atoms with van der Waals surface area (Å²) < 4.78 is 32.7. The van der Waals surface area contributed by atoms with Gasteiger partial charge in [0.15, 0.2) is 4.67 Å². The Labute approximate surface area is 129 Å². The van der Waals surface area contributed by atoms with E-state index < -0.39 is 10.0 Å². The molecule has 1 aromatic heterocycles. The van der Waals surface area contributed by atoms with Gasteiger partial charge in [0.1, 0.15) is 10.7 Å². The molecule has 0 unspecified atom stereocenters. The summed E-state index contributed by atoms with van der Waals surface area (Å²) in [7, 11) is -3.55. The Morgan fingerprint density at radius 1 is 1.35 bits per heavy atom. The number of halogens is 1. The molecular weight excluding hydrogens is 344 g/mol. The third-order valence-electron chi connectivity index (χ3n) is 2.51. The number of nitrogens with one attached hydrogen (secondary N) is 2. The molecule has 0 saturated heterocycles. The minimum atomic E-state index is -3.55. The van der Waals surface area contributed by atoms with Crippen molar-refractivity contribution >= 4 is 26.0 Å². The molecule has 7 heteroatoms. The van der Waals surface area contributed by atoms with E-state index in [0.717, 1.165) is 13.0 Å². The molecule has 1 aromatic rings. The van der Waals surface area contributed by atoms with Crippen molar-refractivity contribution in [3.63, 3.8) is 0 Å². The lowest BCUT2D eigenvalue weighted by molar-refractivity contribution is 0.407. The molecular formula is C13H23BrN2O3S. The predicted molar refractivity (Wildman–Crippen MR) is 83.0 cm³/mol. The van der Waals surface area contributed by atoms with E-state index in [-0.39, 0.29) is 15.0 Å². The van der Waals surface area contributed by atoms with Crippen molar-refractivity contribution in [2.75, 3.05) is 13.1 Å². The molecule has 0 saturated carbocycles. The number of hydrogen-bond donors (Lipinski definition) is 2. The molecule has 20 heavy (non-hydrogen) atoms. The Morgan fingerprint density at radius 3 is 2.55 bits per heavy atom. The highest BCUT2D eigenvalue weighted by molar-refractivity contribution is 9.10. The molecule has 0 spiro atoms. The average molecular weight is 367 g/mol. The molecule has 0 fully saturated rings. The summed E-state index contributed by atoms with van der Waals surface area (Å²) in [6.07, 6.45) is 1.01. The standard InChI is InChI=1S/C13H23BrN2O3S/c1-5-6-15-8-10-7-11(12(14)19-10)20(17,18)16-9-13(2,3)4/h7,15-16H,5-6,8-9H2,1-4H3. The lowest BCUT2D eigenvalue weighted by Crippen LogP contribution is -2.32. The smallest absolute Gasteiger partial charge is 0.244 e. The van der Waals surface area contributed by atoms with E-state index >= 15 is 0 Å². The lowest BCUT2D eigenvalue weighted by Gasteiger charge is -2.18. The van der Waals surface area contributed by atoms with Gasteiger partial charge in [-0.2, -0.15) is 0 Å². The van der Waals surface area contributed by atoms with Gasteiger partial charge in [0.05, 0.1) is 6.54 Å². The summed E-state index contributed by atoms with van der Waals surface area (Å²) in [5.41, 5.74) is -0.116. The quantitative estimate of drug-likeness (QED) is 0.727. The van der Waals surface area contributed by atoms with Crippen LogP contribution in [0.1, 0.15) is 39.9 Å². The lowest BCUT2D eigenvalue weighted by atomic mass is 9.98. The second-order valence-corrected chi connectivity index (χ2v) is 8.37. The van der Waals surface area contributed by atoms with E-state index in [0.29, 0.717) is 18.8 Å². The van der Waals surface area contributed by atoms with Crippen molar-refractivity contribution < 1.29 is 12.8 Å². The molecule has 0 atom stereocenters. The molecule has 0 aromatic carbocycles. The Bertz CT molecular complexity index is 532. The summed E-state index contributed by atoms with van der Waals surface area (Å²) >= 11 is 3.17. The third kappa shape index (κ3) is 5.55. The molecule has 116 valence electrons. The minimum absolute atomic E-state index is 0.116. The largest absolute Gasteiger partial charge is 0.452 e. The van der Waals surface area contributed by atoms with Crippen LogP contribution >= 0.6 is 15.9 Å². The van der Waals surface area contributed by atoms with Gasteiger partial charge in [-0.05, 0) is 34.3 Å². The summed E-state index contributed by atoms with van der Waals surface area (Å²) in [5, 5.41) is 3.17. The van der Waals surface area contributed by atoms with Crippen LogP contribution in [0.5, 0.6) is 0 Å². The van der Waals surface area contributed by atoms with Crippen LogP contribution in [0.15, 0.2) is 20.0 Å². The molecule has 0 aliphatic rings. The van der Waals surface area contributed by atoms with Crippen LogP contribution in [0.2, 0.25) is 0 Å². The summed E-state index contributed by atoms with van der Waals surface area (Å²) in [4.78, 5) is 0.148. The van der Waals surface area contributed by atoms with Crippen molar-refractivity contribution in [2.45, 2.75) is 45.6 Å². The van der Waals surface area contributed by atoms with Crippen molar-refractivity contribution in [3.05, 3.63) is 16.5 Å². The molecule has 5 nitrogen and oxygen atoms in total. The van der Waals surface area contributed by atoms with E-state index in [1.807, 2.05) is 20.8 Å². The topological polar surface area (TPSA) is 71.3 Å². The molecule has 0 radical (unpaired) electrons. The average Bonchev–Trinajstić information content (AvgIpc) is 2.69. The van der Waals surface area contributed by atoms with Gasteiger partial charge in [-0.25, -0.2) is 13.1 Å². The predicted octanol–water partition coefficient (Wildman–Crippen LogP) is 2.87. The SMILES string of the molecule is CCCNCc1cc(S(=O)(=O)NCC(C)(C)C)c(Br)o1. The summed E-state index contributed by atoms with van der Waals surface area (Å²) in [6, 6.07) is 1.55. The normalized spacial score (nSPS) is 12.8. The molecule has 0 aliphatic carbocycles. The zero-order valence-corrected chi connectivity index (χ0v) is 14.8. The van der Waals surface area contributed by atoms with Gasteiger partial charge in [-0.1, -0.05) is 27.7 Å². The van der Waals surface area contributed by atoms with Crippen LogP contribution < -0.4 is 10.0 Å². The van der Waals surface area contributed by atoms with Crippen LogP contribution in [-0.4, -0.2) is 21.5 Å². The van der Waals surface area contributed by atoms with E-state index in [4.69, 9.17) is 4.42 Å². The number of rotatable bonds is 7. The van der Waals surface area contributed by atoms with Crippen LogP contribution in [0, 0.1) is 5.41 Å². The Kier molecular flexibility index (Phi) is 6.25. The Hall–Kier alpha value is -0.370. The van der Waals surface area contributed by atoms with Crippen molar-refractivity contribution in [1.82, 2.24) is 10.0 Å². The molecule has 1 heterocycles. The van der Waals surface area contributed by atoms with Gasteiger partial charge in [0, 0.05) is 12.6 Å². The van der Waals surface area contributed by atoms with Gasteiger partial charge in [-0.3, -0.25) is 0 Å². The maximum absolute atomic E-state index is 12.2. The maximum Gasteiger partial charge on any atom is 0.244 e. The van der Waals surface area contributed by atoms with Gasteiger partial charge in [0.25, 0.3) is 0 Å². The van der Waals surface area contributed by atoms with Crippen LogP contribution in [-0.2, 0) is 16.6 Å². The number of hydrogen-bond acceptors (Lipinski definition) is 4. The monoisotopic (exact) mass is 366 g/mol. The molecule has 0 aliphatic heterocycles. The third-order valence-corrected chi connectivity index (χ3v) is 4.77. The number of furan rings is 1. The zero-order valence-electron chi connectivity index (χ0n) is 12.4. The first-order valence-corrected chi connectivity index (χ1v) is 8.92. The first-order chi connectivity index (χ1) is 9.15. The number of sulfonamides is 1. The summed E-state index contributed by atoms with van der Waals surface area (Å²) in [6.45, 7) is 9.73. The molecule has 2 N–H and O–H groups in total. The maximum atomic E-state index is 12.2. The Balaban J connectivity index is 2.79. The van der Waals surface area contributed by atoms with Crippen LogP contribution in [0.3, 0.4) is 0 Å². The van der Waals surface area contributed by atoms with Crippen LogP contribution in [0.25, 0.3) is 0 Å². The first kappa shape index (κ1) is 17.7. The van der Waals surface area contributed by atoms with Gasteiger partial charge in [0.2, 0.25) is 10.0 Å². The fourth-order valence-corrected chi connectivity index (χ4v) is 3.73. The van der Waals surface area contributed by atoms with Gasteiger partial charge in [-0.15, -0.1) is 0 Å². The van der Waals surface area contributed by atoms with Crippen LogP contribution in [0.4, 0.5) is 0 Å². The fraction of sp³-hybridized carbons (Fsp3) is 0.692.